The molecule has 0 unspecified atom stereocenters. The molecule has 1 N–H and O–H groups in total. The molecule has 0 amide bonds. The monoisotopic (exact) mass is 380 g/mol. The van der Waals surface area contributed by atoms with Crippen molar-refractivity contribution in [3.63, 3.8) is 0 Å². The molecule has 0 saturated heterocycles. The highest BCUT2D eigenvalue weighted by Gasteiger charge is 2.25. The number of thiazole rings is 1. The average molecular weight is 380 g/mol. The first kappa shape index (κ1) is 17.0. The maximum atomic E-state index is 12.9. The summed E-state index contributed by atoms with van der Waals surface area (Å²) >= 11 is 0.813. The summed E-state index contributed by atoms with van der Waals surface area (Å²) in [6.45, 7) is 0. The van der Waals surface area contributed by atoms with Gasteiger partial charge in [0.15, 0.2) is 0 Å². The highest BCUT2D eigenvalue weighted by molar-refractivity contribution is 7.93. The molecule has 8 nitrogen and oxygen atoms in total. The number of ketones is 2. The van der Waals surface area contributed by atoms with Crippen LogP contribution in [0.4, 0.5) is 4.39 Å². The van der Waals surface area contributed by atoms with Crippen LogP contribution in [-0.2, 0) is 21.1 Å². The zero-order valence-corrected chi connectivity index (χ0v) is 14.0. The van der Waals surface area contributed by atoms with Crippen LogP contribution in [0.15, 0.2) is 45.2 Å². The molecule has 0 aliphatic heterocycles. The van der Waals surface area contributed by atoms with Gasteiger partial charge >= 0.3 is 0 Å². The minimum Gasteiger partial charge on any atom is -0.290 e. The number of sulfone groups is 1. The molecule has 0 radical (unpaired) electrons. The van der Waals surface area contributed by atoms with Crippen LogP contribution in [0.1, 0.15) is 16.3 Å². The van der Waals surface area contributed by atoms with Crippen molar-refractivity contribution in [1.29, 1.82) is 0 Å². The van der Waals surface area contributed by atoms with E-state index in [1.807, 2.05) is 0 Å². The Morgan fingerprint density at radius 2 is 1.92 bits per heavy atom. The number of carbonyl (C=O) groups excluding carboxylic acids is 2. The predicted octanol–water partition coefficient (Wildman–Crippen LogP) is 1.23. The van der Waals surface area contributed by atoms with Crippen LogP contribution in [0.5, 0.6) is 0 Å². The van der Waals surface area contributed by atoms with Gasteiger partial charge < -0.3 is 0 Å². The average Bonchev–Trinajstić information content (AvgIpc) is 3.26. The van der Waals surface area contributed by atoms with Crippen molar-refractivity contribution in [2.75, 3.05) is 0 Å². The maximum Gasteiger partial charge on any atom is 0.267 e. The van der Waals surface area contributed by atoms with Gasteiger partial charge in [0.05, 0.1) is 17.0 Å². The van der Waals surface area contributed by atoms with Gasteiger partial charge in [0.1, 0.15) is 12.1 Å². The summed E-state index contributed by atoms with van der Waals surface area (Å²) in [6, 6.07) is 4.31. The Hall–Kier alpha value is -2.79. The van der Waals surface area contributed by atoms with Gasteiger partial charge in [-0.3, -0.25) is 14.7 Å². The molecule has 2 heterocycles. The lowest BCUT2D eigenvalue weighted by molar-refractivity contribution is -0.114. The number of Topliss-reactive ketones (excluding diaryl/α,β-unsaturated/α-hetero) is 2. The number of hydrogen-bond donors (Lipinski definition) is 1. The quantitative estimate of drug-likeness (QED) is 0.387. The van der Waals surface area contributed by atoms with E-state index in [0.717, 1.165) is 41.9 Å². The normalized spacial score (nSPS) is 11.4. The van der Waals surface area contributed by atoms with Crippen LogP contribution in [-0.4, -0.2) is 40.1 Å². The third-order valence-corrected chi connectivity index (χ3v) is 6.17. The van der Waals surface area contributed by atoms with Crippen molar-refractivity contribution in [1.82, 2.24) is 20.2 Å². The third-order valence-electron chi connectivity index (χ3n) is 3.10. The molecule has 0 bridgehead atoms. The van der Waals surface area contributed by atoms with E-state index in [-0.39, 0.29) is 27.2 Å². The number of hydrogen-bond acceptors (Lipinski definition) is 8. The molecule has 3 rings (SSSR count). The molecule has 1 aromatic carbocycles. The first-order valence-electron chi connectivity index (χ1n) is 6.76. The lowest BCUT2D eigenvalue weighted by Gasteiger charge is -2.00. The molecule has 128 valence electrons. The van der Waals surface area contributed by atoms with E-state index in [9.17, 15) is 22.4 Å². The largest absolute Gasteiger partial charge is 0.290 e. The van der Waals surface area contributed by atoms with E-state index >= 15 is 0 Å². The zero-order chi connectivity index (χ0) is 18.0. The van der Waals surface area contributed by atoms with Crippen LogP contribution < -0.4 is 0 Å². The van der Waals surface area contributed by atoms with Gasteiger partial charge in [0, 0.05) is 5.38 Å². The second-order valence-electron chi connectivity index (χ2n) is 4.81. The SMILES string of the molecule is O=C(Cc1csc(S(=O)(=O)c2ccc(F)cc2)n1)C(=O)c1nc[nH]n1. The van der Waals surface area contributed by atoms with E-state index in [1.165, 1.54) is 5.38 Å². The van der Waals surface area contributed by atoms with Crippen LogP contribution in [0.3, 0.4) is 0 Å². The predicted molar refractivity (Wildman–Crippen MR) is 83.4 cm³/mol. The van der Waals surface area contributed by atoms with E-state index in [4.69, 9.17) is 0 Å². The highest BCUT2D eigenvalue weighted by Crippen LogP contribution is 2.24. The maximum absolute atomic E-state index is 12.9. The van der Waals surface area contributed by atoms with Gasteiger partial charge in [-0.25, -0.2) is 22.8 Å². The summed E-state index contributed by atoms with van der Waals surface area (Å²) in [5.41, 5.74) is 0.138. The Kier molecular flexibility index (Phi) is 4.51. The molecule has 0 aliphatic rings. The van der Waals surface area contributed by atoms with Crippen molar-refractivity contribution in [3.8, 4) is 0 Å². The summed E-state index contributed by atoms with van der Waals surface area (Å²) < 4.78 is 37.5. The standard InChI is InChI=1S/C14H9FN4O4S2/c15-8-1-3-10(4-2-8)25(22,23)14-18-9(6-24-14)5-11(20)12(21)13-16-7-17-19-13/h1-4,6-7H,5H2,(H,16,17,19). The lowest BCUT2D eigenvalue weighted by atomic mass is 10.1. The van der Waals surface area contributed by atoms with Crippen LogP contribution in [0.2, 0.25) is 0 Å². The molecule has 3 aromatic rings. The molecule has 0 spiro atoms. The van der Waals surface area contributed by atoms with Gasteiger partial charge in [-0.15, -0.1) is 16.4 Å². The van der Waals surface area contributed by atoms with Crippen molar-refractivity contribution < 1.29 is 22.4 Å². The van der Waals surface area contributed by atoms with E-state index in [0.29, 0.717) is 0 Å². The molecule has 0 saturated carbocycles. The minimum atomic E-state index is -3.92. The smallest absolute Gasteiger partial charge is 0.267 e. The van der Waals surface area contributed by atoms with Crippen molar-refractivity contribution in [2.45, 2.75) is 15.7 Å². The fraction of sp³-hybridized carbons (Fsp3) is 0.0714. The number of carbonyl (C=O) groups is 2. The molecule has 0 fully saturated rings. The van der Waals surface area contributed by atoms with Crippen LogP contribution in [0.25, 0.3) is 0 Å². The summed E-state index contributed by atoms with van der Waals surface area (Å²) in [6.07, 6.45) is 0.791. The number of nitrogens with zero attached hydrogens (tertiary/aromatic N) is 3. The Morgan fingerprint density at radius 1 is 1.20 bits per heavy atom. The molecule has 11 heteroatoms. The van der Waals surface area contributed by atoms with Gasteiger partial charge in [-0.05, 0) is 24.3 Å². The Morgan fingerprint density at radius 3 is 2.56 bits per heavy atom. The van der Waals surface area contributed by atoms with Gasteiger partial charge in [-0.1, -0.05) is 0 Å². The number of halogens is 1. The molecule has 0 aliphatic carbocycles. The number of aromatic amines is 1. The van der Waals surface area contributed by atoms with E-state index in [2.05, 4.69) is 20.2 Å². The topological polar surface area (TPSA) is 123 Å². The molecular weight excluding hydrogens is 371 g/mol. The first-order chi connectivity index (χ1) is 11.9. The zero-order valence-electron chi connectivity index (χ0n) is 12.3. The molecule has 2 aromatic heterocycles. The summed E-state index contributed by atoms with van der Waals surface area (Å²) in [4.78, 5) is 31.1. The van der Waals surface area contributed by atoms with Gasteiger partial charge in [0.25, 0.3) is 5.78 Å². The van der Waals surface area contributed by atoms with E-state index < -0.39 is 27.2 Å². The van der Waals surface area contributed by atoms with Crippen molar-refractivity contribution >= 4 is 32.7 Å². The highest BCUT2D eigenvalue weighted by atomic mass is 32.2. The second-order valence-corrected chi connectivity index (χ2v) is 7.80. The summed E-state index contributed by atoms with van der Waals surface area (Å²) in [7, 11) is -3.92. The van der Waals surface area contributed by atoms with Crippen LogP contribution >= 0.6 is 11.3 Å². The fourth-order valence-electron chi connectivity index (χ4n) is 1.90. The number of benzene rings is 1. The summed E-state index contributed by atoms with van der Waals surface area (Å²) in [5.74, 6) is -2.53. The Labute approximate surface area is 144 Å². The number of H-pyrrole nitrogens is 1. The third kappa shape index (κ3) is 3.51. The molecular formula is C14H9FN4O4S2. The first-order valence-corrected chi connectivity index (χ1v) is 9.12. The van der Waals surface area contributed by atoms with Crippen molar-refractivity contribution in [2.24, 2.45) is 0 Å². The van der Waals surface area contributed by atoms with Crippen molar-refractivity contribution in [3.05, 3.63) is 53.3 Å². The second kappa shape index (κ2) is 6.61. The Bertz CT molecular complexity index is 1030. The molecule has 25 heavy (non-hydrogen) atoms. The Balaban J connectivity index is 1.79. The minimum absolute atomic E-state index is 0.113. The molecule has 0 atom stereocenters. The van der Waals surface area contributed by atoms with Gasteiger partial charge in [0.2, 0.25) is 25.8 Å². The fourth-order valence-corrected chi connectivity index (χ4v) is 4.31. The van der Waals surface area contributed by atoms with E-state index in [1.54, 1.807) is 0 Å². The van der Waals surface area contributed by atoms with Gasteiger partial charge in [-0.2, -0.15) is 0 Å². The summed E-state index contributed by atoms with van der Waals surface area (Å²) in [5, 5.41) is 7.22. The number of nitrogens with one attached hydrogen (secondary N) is 1. The lowest BCUT2D eigenvalue weighted by Crippen LogP contribution is -2.18. The number of rotatable bonds is 6. The van der Waals surface area contributed by atoms with Crippen LogP contribution in [0, 0.1) is 5.82 Å². The number of aromatic nitrogens is 4.